The number of sulfonamides is 1. The Bertz CT molecular complexity index is 383. The lowest BCUT2D eigenvalue weighted by Crippen LogP contribution is -2.63. The van der Waals surface area contributed by atoms with Crippen LogP contribution in [0, 0.1) is 0 Å². The number of nitrogens with one attached hydrogen (secondary N) is 2. The molecular weight excluding hydrogens is 268 g/mol. The van der Waals surface area contributed by atoms with Crippen molar-refractivity contribution in [1.29, 1.82) is 0 Å². The number of methoxy groups -OCH3 is 1. The van der Waals surface area contributed by atoms with Crippen molar-refractivity contribution in [2.45, 2.75) is 51.0 Å². The van der Waals surface area contributed by atoms with Gasteiger partial charge in [-0.2, -0.15) is 0 Å². The highest BCUT2D eigenvalue weighted by atomic mass is 32.2. The molecule has 0 aromatic carbocycles. The van der Waals surface area contributed by atoms with Gasteiger partial charge in [0.25, 0.3) is 0 Å². The highest BCUT2D eigenvalue weighted by molar-refractivity contribution is 7.88. The van der Waals surface area contributed by atoms with Crippen LogP contribution in [0.5, 0.6) is 0 Å². The molecule has 0 aromatic rings. The van der Waals surface area contributed by atoms with E-state index in [1.165, 1.54) is 6.26 Å². The van der Waals surface area contributed by atoms with Crippen molar-refractivity contribution in [3.05, 3.63) is 0 Å². The molecule has 0 bridgehead atoms. The minimum Gasteiger partial charge on any atom is -0.377 e. The normalized spacial score (nSPS) is 28.2. The molecule has 1 rings (SSSR count). The Labute approximate surface area is 116 Å². The van der Waals surface area contributed by atoms with E-state index < -0.39 is 15.6 Å². The highest BCUT2D eigenvalue weighted by Gasteiger charge is 2.42. The molecule has 3 atom stereocenters. The van der Waals surface area contributed by atoms with Gasteiger partial charge in [-0.05, 0) is 27.2 Å². The van der Waals surface area contributed by atoms with Crippen LogP contribution in [0.1, 0.15) is 27.2 Å². The number of hydrogen-bond acceptors (Lipinski definition) is 5. The maximum atomic E-state index is 11.2. The van der Waals surface area contributed by atoms with Gasteiger partial charge in [0.2, 0.25) is 10.0 Å². The average Bonchev–Trinajstić information content (AvgIpc) is 2.19. The van der Waals surface area contributed by atoms with E-state index in [0.29, 0.717) is 13.2 Å². The molecule has 0 amide bonds. The SMILES string of the molecule is CCOC1CC(NCC(C)(C)NS(C)(=O)=O)C1OC. The average molecular weight is 294 g/mol. The number of ether oxygens (including phenoxy) is 2. The first-order valence-electron chi connectivity index (χ1n) is 6.55. The first-order chi connectivity index (χ1) is 8.68. The lowest BCUT2D eigenvalue weighted by molar-refractivity contribution is -0.131. The van der Waals surface area contributed by atoms with E-state index in [1.54, 1.807) is 7.11 Å². The van der Waals surface area contributed by atoms with Crippen LogP contribution in [0.25, 0.3) is 0 Å². The van der Waals surface area contributed by atoms with Crippen molar-refractivity contribution in [2.75, 3.05) is 26.5 Å². The topological polar surface area (TPSA) is 76.7 Å². The molecule has 0 spiro atoms. The quantitative estimate of drug-likeness (QED) is 0.664. The van der Waals surface area contributed by atoms with Crippen molar-refractivity contribution in [3.8, 4) is 0 Å². The summed E-state index contributed by atoms with van der Waals surface area (Å²) in [5, 5.41) is 3.34. The second-order valence-electron chi connectivity index (χ2n) is 5.68. The standard InChI is InChI=1S/C12H26N2O4S/c1-6-18-10-7-9(11(10)17-4)13-8-12(2,3)14-19(5,15)16/h9-11,13-14H,6-8H2,1-5H3. The Morgan fingerprint density at radius 1 is 1.37 bits per heavy atom. The molecule has 2 N–H and O–H groups in total. The number of hydrogen-bond donors (Lipinski definition) is 2. The third kappa shape index (κ3) is 5.35. The van der Waals surface area contributed by atoms with E-state index in [2.05, 4.69) is 10.0 Å². The highest BCUT2D eigenvalue weighted by Crippen LogP contribution is 2.27. The Balaban J connectivity index is 2.41. The summed E-state index contributed by atoms with van der Waals surface area (Å²) >= 11 is 0. The largest absolute Gasteiger partial charge is 0.377 e. The fourth-order valence-electron chi connectivity index (χ4n) is 2.40. The molecule has 114 valence electrons. The molecule has 0 heterocycles. The third-order valence-corrected chi connectivity index (χ3v) is 4.09. The smallest absolute Gasteiger partial charge is 0.209 e. The van der Waals surface area contributed by atoms with E-state index in [4.69, 9.17) is 9.47 Å². The van der Waals surface area contributed by atoms with Crippen molar-refractivity contribution in [3.63, 3.8) is 0 Å². The molecule has 6 nitrogen and oxygen atoms in total. The van der Waals surface area contributed by atoms with Crippen molar-refractivity contribution in [1.82, 2.24) is 10.0 Å². The van der Waals surface area contributed by atoms with Gasteiger partial charge in [0.15, 0.2) is 0 Å². The van der Waals surface area contributed by atoms with Gasteiger partial charge in [-0.25, -0.2) is 13.1 Å². The first-order valence-corrected chi connectivity index (χ1v) is 8.44. The summed E-state index contributed by atoms with van der Waals surface area (Å²) in [5.41, 5.74) is -0.525. The molecule has 3 unspecified atom stereocenters. The van der Waals surface area contributed by atoms with Gasteiger partial charge < -0.3 is 14.8 Å². The van der Waals surface area contributed by atoms with Crippen LogP contribution in [0.3, 0.4) is 0 Å². The molecular formula is C12H26N2O4S. The molecule has 0 aliphatic heterocycles. The lowest BCUT2D eigenvalue weighted by atomic mass is 9.84. The predicted octanol–water partition coefficient (Wildman–Crippen LogP) is 0.0962. The molecule has 0 saturated heterocycles. The minimum absolute atomic E-state index is 0.0361. The van der Waals surface area contributed by atoms with Crippen LogP contribution in [0.15, 0.2) is 0 Å². The molecule has 1 saturated carbocycles. The fraction of sp³-hybridized carbons (Fsp3) is 1.00. The van der Waals surface area contributed by atoms with E-state index >= 15 is 0 Å². The van der Waals surface area contributed by atoms with Gasteiger partial charge in [-0.1, -0.05) is 0 Å². The van der Waals surface area contributed by atoms with Gasteiger partial charge >= 0.3 is 0 Å². The van der Waals surface area contributed by atoms with Crippen LogP contribution >= 0.6 is 0 Å². The minimum atomic E-state index is -3.20. The Kier molecular flexibility index (Phi) is 5.76. The maximum Gasteiger partial charge on any atom is 0.209 e. The van der Waals surface area contributed by atoms with Crippen molar-refractivity contribution >= 4 is 10.0 Å². The van der Waals surface area contributed by atoms with Gasteiger partial charge in [-0.3, -0.25) is 0 Å². The monoisotopic (exact) mass is 294 g/mol. The summed E-state index contributed by atoms with van der Waals surface area (Å²) < 4.78 is 36.1. The zero-order valence-electron chi connectivity index (χ0n) is 12.4. The van der Waals surface area contributed by atoms with Crippen LogP contribution in [0.4, 0.5) is 0 Å². The number of rotatable bonds is 8. The van der Waals surface area contributed by atoms with E-state index in [0.717, 1.165) is 6.42 Å². The van der Waals surface area contributed by atoms with Gasteiger partial charge in [0.05, 0.1) is 18.5 Å². The summed E-state index contributed by atoms with van der Waals surface area (Å²) in [7, 11) is -1.53. The predicted molar refractivity (Wildman–Crippen MR) is 74.7 cm³/mol. The Hall–Kier alpha value is -0.210. The Morgan fingerprint density at radius 2 is 2.00 bits per heavy atom. The van der Waals surface area contributed by atoms with Crippen LogP contribution in [-0.2, 0) is 19.5 Å². The van der Waals surface area contributed by atoms with Gasteiger partial charge in [0.1, 0.15) is 0 Å². The summed E-state index contributed by atoms with van der Waals surface area (Å²) in [4.78, 5) is 0. The van der Waals surface area contributed by atoms with E-state index in [9.17, 15) is 8.42 Å². The molecule has 1 aliphatic carbocycles. The van der Waals surface area contributed by atoms with Crippen molar-refractivity contribution in [2.24, 2.45) is 0 Å². The summed E-state index contributed by atoms with van der Waals surface area (Å²) in [5.74, 6) is 0. The summed E-state index contributed by atoms with van der Waals surface area (Å²) in [6.45, 7) is 6.89. The molecule has 0 aromatic heterocycles. The molecule has 7 heteroatoms. The van der Waals surface area contributed by atoms with Crippen LogP contribution < -0.4 is 10.0 Å². The van der Waals surface area contributed by atoms with E-state index in [-0.39, 0.29) is 18.2 Å². The molecule has 19 heavy (non-hydrogen) atoms. The van der Waals surface area contributed by atoms with E-state index in [1.807, 2.05) is 20.8 Å². The van der Waals surface area contributed by atoms with Crippen molar-refractivity contribution < 1.29 is 17.9 Å². The van der Waals surface area contributed by atoms with Gasteiger partial charge in [0, 0.05) is 31.8 Å². The van der Waals surface area contributed by atoms with Crippen LogP contribution in [0.2, 0.25) is 0 Å². The zero-order valence-corrected chi connectivity index (χ0v) is 13.2. The van der Waals surface area contributed by atoms with Gasteiger partial charge in [-0.15, -0.1) is 0 Å². The lowest BCUT2D eigenvalue weighted by Gasteiger charge is -2.44. The fourth-order valence-corrected chi connectivity index (χ4v) is 3.47. The summed E-state index contributed by atoms with van der Waals surface area (Å²) in [6.07, 6.45) is 2.23. The first kappa shape index (κ1) is 16.8. The second kappa shape index (κ2) is 6.49. The molecule has 1 aliphatic rings. The third-order valence-electron chi connectivity index (χ3n) is 3.17. The molecule has 1 fully saturated rings. The Morgan fingerprint density at radius 3 is 2.47 bits per heavy atom. The second-order valence-corrected chi connectivity index (χ2v) is 7.42. The van der Waals surface area contributed by atoms with Crippen LogP contribution in [-0.4, -0.2) is 58.7 Å². The summed E-state index contributed by atoms with van der Waals surface area (Å²) in [6, 6.07) is 0.210. The molecule has 0 radical (unpaired) electrons. The maximum absolute atomic E-state index is 11.2. The zero-order chi connectivity index (χ0) is 14.7.